The van der Waals surface area contributed by atoms with Gasteiger partial charge >= 0.3 is 5.97 Å². The van der Waals surface area contributed by atoms with Crippen LogP contribution in [0.3, 0.4) is 0 Å². The second kappa shape index (κ2) is 7.37. The first-order valence-electron chi connectivity index (χ1n) is 9.67. The van der Waals surface area contributed by atoms with Gasteiger partial charge in [0.1, 0.15) is 5.75 Å². The van der Waals surface area contributed by atoms with Crippen LogP contribution in [-0.2, 0) is 19.1 Å². The summed E-state index contributed by atoms with van der Waals surface area (Å²) in [5, 5.41) is 0. The number of esters is 1. The Bertz CT molecular complexity index is 789. The zero-order chi connectivity index (χ0) is 19.8. The first kappa shape index (κ1) is 18.7. The van der Waals surface area contributed by atoms with E-state index in [1.807, 2.05) is 0 Å². The molecular weight excluding hydrogens is 362 g/mol. The molecule has 1 saturated heterocycles. The number of methoxy groups -OCH3 is 1. The Morgan fingerprint density at radius 1 is 1.04 bits per heavy atom. The van der Waals surface area contributed by atoms with Gasteiger partial charge in [0.05, 0.1) is 25.4 Å². The first-order chi connectivity index (χ1) is 13.5. The maximum absolute atomic E-state index is 12.6. The van der Waals surface area contributed by atoms with E-state index in [4.69, 9.17) is 9.47 Å². The van der Waals surface area contributed by atoms with Crippen molar-refractivity contribution in [2.45, 2.75) is 25.7 Å². The molecule has 2 saturated carbocycles. The molecule has 3 fully saturated rings. The van der Waals surface area contributed by atoms with Crippen LogP contribution < -0.4 is 4.74 Å². The molecule has 1 aliphatic heterocycles. The number of carbonyl (C=O) groups excluding carboxylic acids is 4. The predicted molar refractivity (Wildman–Crippen MR) is 97.4 cm³/mol. The van der Waals surface area contributed by atoms with Crippen LogP contribution in [0.25, 0.3) is 0 Å². The third kappa shape index (κ3) is 3.19. The van der Waals surface area contributed by atoms with Crippen molar-refractivity contribution >= 4 is 23.6 Å². The third-order valence-corrected chi connectivity index (χ3v) is 6.33. The molecule has 1 aromatic carbocycles. The minimum atomic E-state index is -0.595. The van der Waals surface area contributed by atoms with Crippen LogP contribution in [-0.4, -0.2) is 48.7 Å². The lowest BCUT2D eigenvalue weighted by atomic mass is 9.81. The fraction of sp³-hybridized carbons (Fsp3) is 0.524. The van der Waals surface area contributed by atoms with E-state index in [9.17, 15) is 19.2 Å². The molecule has 7 nitrogen and oxygen atoms in total. The van der Waals surface area contributed by atoms with Gasteiger partial charge in [-0.05, 0) is 55.4 Å². The molecule has 4 rings (SSSR count). The first-order valence-corrected chi connectivity index (χ1v) is 9.67. The molecule has 0 unspecified atom stereocenters. The molecule has 2 aliphatic carbocycles. The molecule has 2 bridgehead atoms. The molecule has 148 valence electrons. The van der Waals surface area contributed by atoms with Crippen LogP contribution >= 0.6 is 0 Å². The van der Waals surface area contributed by atoms with Gasteiger partial charge in [-0.1, -0.05) is 0 Å². The van der Waals surface area contributed by atoms with Gasteiger partial charge in [-0.2, -0.15) is 0 Å². The van der Waals surface area contributed by atoms with Gasteiger partial charge in [-0.3, -0.25) is 24.1 Å². The summed E-state index contributed by atoms with van der Waals surface area (Å²) in [5.74, 6) is -0.271. The molecule has 0 radical (unpaired) electrons. The van der Waals surface area contributed by atoms with Gasteiger partial charge in [0.15, 0.2) is 12.4 Å². The van der Waals surface area contributed by atoms with Gasteiger partial charge in [-0.25, -0.2) is 0 Å². The van der Waals surface area contributed by atoms with Gasteiger partial charge in [0.2, 0.25) is 11.8 Å². The smallest absolute Gasteiger partial charge is 0.308 e. The summed E-state index contributed by atoms with van der Waals surface area (Å²) < 4.78 is 10.1. The number of fused-ring (bicyclic) bond motifs is 5. The predicted octanol–water partition coefficient (Wildman–Crippen LogP) is 1.84. The van der Waals surface area contributed by atoms with E-state index in [0.717, 1.165) is 19.3 Å². The summed E-state index contributed by atoms with van der Waals surface area (Å²) >= 11 is 0. The van der Waals surface area contributed by atoms with E-state index in [2.05, 4.69) is 0 Å². The number of amides is 2. The summed E-state index contributed by atoms with van der Waals surface area (Å²) in [7, 11) is 1.53. The highest BCUT2D eigenvalue weighted by atomic mass is 16.5. The van der Waals surface area contributed by atoms with E-state index >= 15 is 0 Å². The number of hydrogen-bond acceptors (Lipinski definition) is 6. The number of hydrogen-bond donors (Lipinski definition) is 0. The molecule has 28 heavy (non-hydrogen) atoms. The quantitative estimate of drug-likeness (QED) is 0.404. The molecule has 0 N–H and O–H groups in total. The Balaban J connectivity index is 1.26. The number of imide groups is 1. The molecule has 7 heteroatoms. The molecule has 0 spiro atoms. The summed E-state index contributed by atoms with van der Waals surface area (Å²) in [6.45, 7) is -0.345. The van der Waals surface area contributed by atoms with Crippen LogP contribution in [0.5, 0.6) is 5.75 Å². The summed E-state index contributed by atoms with van der Waals surface area (Å²) in [4.78, 5) is 50.5. The minimum Gasteiger partial charge on any atom is -0.497 e. The van der Waals surface area contributed by atoms with Crippen LogP contribution in [0.4, 0.5) is 0 Å². The summed E-state index contributed by atoms with van der Waals surface area (Å²) in [5.41, 5.74) is 0.418. The SMILES string of the molecule is COc1ccc(C(=O)COC(=O)CCN2C(=O)[C@H]3[C@H]4CC[C@@H](C4)[C@@H]3C2=O)cc1. The zero-order valence-corrected chi connectivity index (χ0v) is 15.8. The van der Waals surface area contributed by atoms with E-state index in [0.29, 0.717) is 23.1 Å². The third-order valence-electron chi connectivity index (χ3n) is 6.33. The second-order valence-corrected chi connectivity index (χ2v) is 7.78. The van der Waals surface area contributed by atoms with Crippen LogP contribution in [0.15, 0.2) is 24.3 Å². The van der Waals surface area contributed by atoms with Crippen molar-refractivity contribution in [1.29, 1.82) is 0 Å². The Labute approximate surface area is 163 Å². The van der Waals surface area contributed by atoms with Crippen LogP contribution in [0.1, 0.15) is 36.0 Å². The molecular formula is C21H23NO6. The highest BCUT2D eigenvalue weighted by Gasteiger charge is 2.60. The van der Waals surface area contributed by atoms with Crippen molar-refractivity contribution in [3.63, 3.8) is 0 Å². The van der Waals surface area contributed by atoms with Gasteiger partial charge < -0.3 is 9.47 Å². The maximum atomic E-state index is 12.6. The fourth-order valence-corrected chi connectivity index (χ4v) is 4.97. The van der Waals surface area contributed by atoms with Gasteiger partial charge in [0.25, 0.3) is 0 Å². The minimum absolute atomic E-state index is 0.0274. The van der Waals surface area contributed by atoms with Gasteiger partial charge in [0, 0.05) is 12.1 Å². The average molecular weight is 385 g/mol. The van der Waals surface area contributed by atoms with Crippen molar-refractivity contribution in [2.75, 3.05) is 20.3 Å². The maximum Gasteiger partial charge on any atom is 0.308 e. The van der Waals surface area contributed by atoms with Crippen LogP contribution in [0.2, 0.25) is 0 Å². The highest BCUT2D eigenvalue weighted by molar-refractivity contribution is 6.06. The topological polar surface area (TPSA) is 90.0 Å². The lowest BCUT2D eigenvalue weighted by molar-refractivity contribution is -0.145. The monoisotopic (exact) mass is 385 g/mol. The number of ketones is 1. The average Bonchev–Trinajstić information content (AvgIpc) is 3.39. The molecule has 1 aromatic rings. The highest BCUT2D eigenvalue weighted by Crippen LogP contribution is 2.56. The van der Waals surface area contributed by atoms with Crippen molar-refractivity contribution in [1.82, 2.24) is 4.90 Å². The molecule has 3 aliphatic rings. The standard InChI is InChI=1S/C21H23NO6/c1-27-15-6-4-12(5-7-15)16(23)11-28-17(24)8-9-22-20(25)18-13-2-3-14(10-13)19(18)21(22)26/h4-7,13-14,18-19H,2-3,8-11H2,1H3/t13-,14-,18-,19-/m0/s1. The Kier molecular flexibility index (Phi) is 4.91. The number of rotatable bonds is 7. The number of nitrogens with zero attached hydrogens (tertiary/aromatic N) is 1. The number of likely N-dealkylation sites (tertiary alicyclic amines) is 1. The van der Waals surface area contributed by atoms with E-state index < -0.39 is 5.97 Å². The van der Waals surface area contributed by atoms with Crippen molar-refractivity contribution in [3.05, 3.63) is 29.8 Å². The second-order valence-electron chi connectivity index (χ2n) is 7.78. The summed E-state index contributed by atoms with van der Waals surface area (Å²) in [6, 6.07) is 6.51. The normalized spacial score (nSPS) is 27.8. The number of benzene rings is 1. The number of carbonyl (C=O) groups is 4. The lowest BCUT2D eigenvalue weighted by Gasteiger charge is -2.19. The Morgan fingerprint density at radius 3 is 2.21 bits per heavy atom. The van der Waals surface area contributed by atoms with Gasteiger partial charge in [-0.15, -0.1) is 0 Å². The van der Waals surface area contributed by atoms with Crippen molar-refractivity contribution < 1.29 is 28.7 Å². The largest absolute Gasteiger partial charge is 0.497 e. The zero-order valence-electron chi connectivity index (χ0n) is 15.8. The molecule has 0 aromatic heterocycles. The van der Waals surface area contributed by atoms with Crippen LogP contribution in [0, 0.1) is 23.7 Å². The molecule has 1 heterocycles. The number of Topliss-reactive ketones (excluding diaryl/α,β-unsaturated/α-hetero) is 1. The van der Waals surface area contributed by atoms with E-state index in [1.54, 1.807) is 24.3 Å². The van der Waals surface area contributed by atoms with E-state index in [1.165, 1.54) is 12.0 Å². The van der Waals surface area contributed by atoms with Crippen molar-refractivity contribution in [3.8, 4) is 5.75 Å². The number of ether oxygens (including phenoxy) is 2. The fourth-order valence-electron chi connectivity index (χ4n) is 4.97. The molecule has 2 amide bonds. The van der Waals surface area contributed by atoms with E-state index in [-0.39, 0.29) is 49.0 Å². The molecule has 4 atom stereocenters. The van der Waals surface area contributed by atoms with Crippen molar-refractivity contribution in [2.24, 2.45) is 23.7 Å². The Morgan fingerprint density at radius 2 is 1.64 bits per heavy atom. The Hall–Kier alpha value is -2.70. The lowest BCUT2D eigenvalue weighted by Crippen LogP contribution is -2.35. The summed E-state index contributed by atoms with van der Waals surface area (Å²) in [6.07, 6.45) is 2.93.